The van der Waals surface area contributed by atoms with Crippen molar-refractivity contribution in [3.8, 4) is 0 Å². The highest BCUT2D eigenvalue weighted by Gasteiger charge is 2.30. The molecule has 2 amide bonds. The van der Waals surface area contributed by atoms with Crippen LogP contribution >= 0.6 is 63.7 Å². The number of carbonyl (C=O) groups is 2. The van der Waals surface area contributed by atoms with Gasteiger partial charge in [0.15, 0.2) is 11.9 Å². The summed E-state index contributed by atoms with van der Waals surface area (Å²) in [5.74, 6) is -1.20. The van der Waals surface area contributed by atoms with Gasteiger partial charge in [0.25, 0.3) is 11.8 Å². The topological polar surface area (TPSA) is 219 Å². The summed E-state index contributed by atoms with van der Waals surface area (Å²) in [6.07, 6.45) is 3.71. The van der Waals surface area contributed by atoms with E-state index in [2.05, 4.69) is 104 Å². The van der Waals surface area contributed by atoms with Crippen LogP contribution in [0.25, 0.3) is 6.08 Å². The van der Waals surface area contributed by atoms with Crippen LogP contribution in [0.1, 0.15) is 44.0 Å². The molecule has 4 heterocycles. The van der Waals surface area contributed by atoms with Crippen molar-refractivity contribution in [1.29, 1.82) is 0 Å². The summed E-state index contributed by atoms with van der Waals surface area (Å²) in [6, 6.07) is 3.27. The van der Waals surface area contributed by atoms with Gasteiger partial charge < -0.3 is 47.1 Å². The van der Waals surface area contributed by atoms with E-state index in [0.29, 0.717) is 42.1 Å². The number of nitrogens with zero attached hydrogens (tertiary/aromatic N) is 2. The summed E-state index contributed by atoms with van der Waals surface area (Å²) in [5, 5.41) is 16.7. The van der Waals surface area contributed by atoms with Gasteiger partial charge in [0.2, 0.25) is 0 Å². The first-order chi connectivity index (χ1) is 18.5. The first-order valence-corrected chi connectivity index (χ1v) is 14.4. The molecule has 4 aromatic rings. The maximum absolute atomic E-state index is 12.6. The maximum Gasteiger partial charge on any atom is 0.268 e. The standard InChI is InChI=1S/C22H22Br4N10O3/c23-8-4-11(32-17(8)25)19(38)29-3-1-2-10-16(36-22(28)34-10)15(13-6-31-21(27)35-13)14(37)7-30-20(39)12-5-9(24)18(26)33-12/h1-2,4-6,14-15,32-33,37H,3,7H2,(H,29,38)(H,30,39)(H3,27,31,35)(H3,28,34,36)/b2-1+. The monoisotopic (exact) mass is 790 g/mol. The highest BCUT2D eigenvalue weighted by molar-refractivity contribution is 9.13. The Kier molecular flexibility index (Phi) is 9.37. The Labute approximate surface area is 254 Å². The second kappa shape index (κ2) is 12.5. The van der Waals surface area contributed by atoms with Crippen LogP contribution in [0.5, 0.6) is 0 Å². The molecule has 17 heteroatoms. The molecule has 4 rings (SSSR count). The lowest BCUT2D eigenvalue weighted by atomic mass is 9.93. The first kappa shape index (κ1) is 29.1. The number of aromatic amines is 4. The van der Waals surface area contributed by atoms with Crippen molar-refractivity contribution in [3.63, 3.8) is 0 Å². The minimum absolute atomic E-state index is 0.115. The van der Waals surface area contributed by atoms with E-state index in [0.717, 1.165) is 4.47 Å². The number of nitrogens with one attached hydrogen (secondary N) is 6. The third kappa shape index (κ3) is 7.02. The van der Waals surface area contributed by atoms with Gasteiger partial charge in [-0.1, -0.05) is 6.08 Å². The molecule has 2 unspecified atom stereocenters. The Balaban J connectivity index is 1.50. The SMILES string of the molecule is Nc1ncc(C(c2[nH]c(N)nc2/C=C/CNC(=O)c2cc(Br)c(Br)[nH]2)C(O)CNC(=O)c2cc(Br)c(Br)[nH]2)[nH]1. The van der Waals surface area contributed by atoms with Crippen LogP contribution in [0.2, 0.25) is 0 Å². The van der Waals surface area contributed by atoms with Gasteiger partial charge >= 0.3 is 0 Å². The largest absolute Gasteiger partial charge is 0.390 e. The molecule has 0 saturated carbocycles. The molecule has 39 heavy (non-hydrogen) atoms. The highest BCUT2D eigenvalue weighted by atomic mass is 79.9. The number of aliphatic hydroxyl groups is 1. The van der Waals surface area contributed by atoms with Gasteiger partial charge in [0, 0.05) is 18.8 Å². The van der Waals surface area contributed by atoms with Crippen LogP contribution in [0.3, 0.4) is 0 Å². The van der Waals surface area contributed by atoms with E-state index in [4.69, 9.17) is 11.5 Å². The van der Waals surface area contributed by atoms with Crippen LogP contribution < -0.4 is 22.1 Å². The van der Waals surface area contributed by atoms with Crippen molar-refractivity contribution in [2.24, 2.45) is 0 Å². The van der Waals surface area contributed by atoms with E-state index in [1.54, 1.807) is 24.3 Å². The highest BCUT2D eigenvalue weighted by Crippen LogP contribution is 2.30. The normalized spacial score (nSPS) is 13.1. The second-order valence-electron chi connectivity index (χ2n) is 8.20. The molecule has 13 nitrogen and oxygen atoms in total. The zero-order valence-electron chi connectivity index (χ0n) is 19.8. The van der Waals surface area contributed by atoms with Crippen molar-refractivity contribution in [2.75, 3.05) is 24.6 Å². The number of halogens is 4. The number of amides is 2. The predicted molar refractivity (Wildman–Crippen MR) is 160 cm³/mol. The quantitative estimate of drug-likeness (QED) is 0.117. The lowest BCUT2D eigenvalue weighted by Crippen LogP contribution is -2.36. The Hall–Kier alpha value is -2.86. The summed E-state index contributed by atoms with van der Waals surface area (Å²) >= 11 is 13.3. The number of anilines is 2. The van der Waals surface area contributed by atoms with E-state index in [1.165, 1.54) is 6.20 Å². The molecule has 11 N–H and O–H groups in total. The molecule has 0 aromatic carbocycles. The van der Waals surface area contributed by atoms with Crippen LogP contribution in [0, 0.1) is 0 Å². The number of imidazole rings is 2. The van der Waals surface area contributed by atoms with Crippen LogP contribution in [-0.4, -0.2) is 66.0 Å². The molecule has 0 radical (unpaired) electrons. The smallest absolute Gasteiger partial charge is 0.268 e. The molecular formula is C22H22Br4N10O3. The molecule has 0 spiro atoms. The fraction of sp³-hybridized carbons (Fsp3) is 0.182. The molecule has 0 aliphatic rings. The van der Waals surface area contributed by atoms with Gasteiger partial charge in [-0.2, -0.15) is 0 Å². The number of nitrogens with two attached hydrogens (primary N) is 2. The number of rotatable bonds is 10. The average molecular weight is 794 g/mol. The molecule has 2 atom stereocenters. The molecule has 0 saturated heterocycles. The van der Waals surface area contributed by atoms with Crippen LogP contribution in [0.15, 0.2) is 42.6 Å². The number of aromatic nitrogens is 6. The minimum atomic E-state index is -1.13. The lowest BCUT2D eigenvalue weighted by molar-refractivity contribution is 0.0898. The van der Waals surface area contributed by atoms with Gasteiger partial charge in [-0.3, -0.25) is 9.59 Å². The number of H-pyrrole nitrogens is 4. The molecule has 4 aromatic heterocycles. The van der Waals surface area contributed by atoms with Crippen molar-refractivity contribution in [1.82, 2.24) is 40.5 Å². The van der Waals surface area contributed by atoms with Crippen molar-refractivity contribution in [2.45, 2.75) is 12.0 Å². The fourth-order valence-electron chi connectivity index (χ4n) is 3.73. The van der Waals surface area contributed by atoms with Crippen LogP contribution in [0.4, 0.5) is 11.9 Å². The second-order valence-corrected chi connectivity index (χ2v) is 11.5. The zero-order chi connectivity index (χ0) is 28.3. The first-order valence-electron chi connectivity index (χ1n) is 11.2. The van der Waals surface area contributed by atoms with Gasteiger partial charge in [-0.15, -0.1) is 0 Å². The van der Waals surface area contributed by atoms with Crippen LogP contribution in [-0.2, 0) is 0 Å². The van der Waals surface area contributed by atoms with E-state index in [1.807, 2.05) is 0 Å². The lowest BCUT2D eigenvalue weighted by Gasteiger charge is -2.22. The average Bonchev–Trinajstić information content (AvgIpc) is 3.64. The van der Waals surface area contributed by atoms with Gasteiger partial charge in [-0.25, -0.2) is 9.97 Å². The van der Waals surface area contributed by atoms with E-state index in [9.17, 15) is 14.7 Å². The minimum Gasteiger partial charge on any atom is -0.390 e. The fourth-order valence-corrected chi connectivity index (χ4v) is 5.04. The number of nitrogen functional groups attached to an aromatic ring is 2. The zero-order valence-corrected chi connectivity index (χ0v) is 26.1. The number of aliphatic hydroxyl groups excluding tert-OH is 1. The predicted octanol–water partition coefficient (Wildman–Crippen LogP) is 3.37. The Morgan fingerprint density at radius 2 is 1.56 bits per heavy atom. The van der Waals surface area contributed by atoms with Gasteiger partial charge in [-0.05, 0) is 81.9 Å². The van der Waals surface area contributed by atoms with Crippen molar-refractivity contribution < 1.29 is 14.7 Å². The van der Waals surface area contributed by atoms with E-state index in [-0.39, 0.29) is 30.9 Å². The third-order valence-corrected chi connectivity index (χ3v) is 9.06. The van der Waals surface area contributed by atoms with Crippen molar-refractivity contribution >= 4 is 93.5 Å². The maximum atomic E-state index is 12.6. The third-order valence-electron chi connectivity index (χ3n) is 5.49. The van der Waals surface area contributed by atoms with E-state index >= 15 is 0 Å². The molecule has 0 aliphatic carbocycles. The molecule has 0 aliphatic heterocycles. The summed E-state index contributed by atoms with van der Waals surface area (Å²) in [5.41, 5.74) is 13.8. The summed E-state index contributed by atoms with van der Waals surface area (Å²) < 4.78 is 2.70. The summed E-state index contributed by atoms with van der Waals surface area (Å²) in [6.45, 7) is 0.0803. The number of hydrogen-bond acceptors (Lipinski definition) is 7. The molecule has 206 valence electrons. The summed E-state index contributed by atoms with van der Waals surface area (Å²) in [4.78, 5) is 45.0. The van der Waals surface area contributed by atoms with E-state index < -0.39 is 17.9 Å². The summed E-state index contributed by atoms with van der Waals surface area (Å²) in [7, 11) is 0. The molecule has 0 bridgehead atoms. The molecule has 0 fully saturated rings. The van der Waals surface area contributed by atoms with Gasteiger partial charge in [0.05, 0.1) is 47.8 Å². The Morgan fingerprint density at radius 3 is 2.10 bits per heavy atom. The Morgan fingerprint density at radius 1 is 0.949 bits per heavy atom. The molecular weight excluding hydrogens is 772 g/mol. The number of hydrogen-bond donors (Lipinski definition) is 9. The Bertz CT molecular complexity index is 1480. The van der Waals surface area contributed by atoms with Gasteiger partial charge in [0.1, 0.15) is 11.4 Å². The number of carbonyl (C=O) groups excluding carboxylic acids is 2. The van der Waals surface area contributed by atoms with Crippen molar-refractivity contribution in [3.05, 3.63) is 71.0 Å².